The lowest BCUT2D eigenvalue weighted by Crippen LogP contribution is -2.22. The Bertz CT molecular complexity index is 572. The van der Waals surface area contributed by atoms with Crippen LogP contribution in [0.2, 0.25) is 0 Å². The minimum atomic E-state index is 0.747. The fourth-order valence-corrected chi connectivity index (χ4v) is 3.09. The Morgan fingerprint density at radius 2 is 2.05 bits per heavy atom. The first-order chi connectivity index (χ1) is 10.2. The molecule has 1 N–H and O–H groups in total. The van der Waals surface area contributed by atoms with Crippen molar-refractivity contribution in [2.75, 3.05) is 11.4 Å². The molecule has 1 aromatic heterocycles. The highest BCUT2D eigenvalue weighted by molar-refractivity contribution is 7.09. The van der Waals surface area contributed by atoms with Crippen LogP contribution in [0, 0.1) is 6.92 Å². The van der Waals surface area contributed by atoms with Gasteiger partial charge in [0.15, 0.2) is 0 Å². The fraction of sp³-hybridized carbons (Fsp3) is 0.471. The van der Waals surface area contributed by atoms with Crippen molar-refractivity contribution in [3.63, 3.8) is 0 Å². The molecule has 0 spiro atoms. The number of hydrogen-bond acceptors (Lipinski definition) is 4. The predicted octanol–water partition coefficient (Wildman–Crippen LogP) is 3.73. The molecule has 0 atom stereocenters. The molecular weight excluding hydrogens is 278 g/mol. The molecule has 0 amide bonds. The van der Waals surface area contributed by atoms with Gasteiger partial charge in [0, 0.05) is 30.2 Å². The van der Waals surface area contributed by atoms with Gasteiger partial charge in [0.05, 0.1) is 12.2 Å². The van der Waals surface area contributed by atoms with E-state index < -0.39 is 0 Å². The Balaban J connectivity index is 1.61. The Kier molecular flexibility index (Phi) is 4.56. The summed E-state index contributed by atoms with van der Waals surface area (Å²) in [6.45, 7) is 7.13. The number of hydrogen-bond donors (Lipinski definition) is 1. The molecule has 1 fully saturated rings. The molecule has 1 aliphatic rings. The van der Waals surface area contributed by atoms with Gasteiger partial charge in [-0.2, -0.15) is 0 Å². The lowest BCUT2D eigenvalue weighted by atomic mass is 10.2. The SMILES string of the molecule is CCN(Cc1csc(CNC2CC2)n1)c1ccc(C)cc1. The quantitative estimate of drug-likeness (QED) is 0.844. The maximum Gasteiger partial charge on any atom is 0.107 e. The number of anilines is 1. The van der Waals surface area contributed by atoms with Crippen LogP contribution in [0.25, 0.3) is 0 Å². The molecule has 0 saturated heterocycles. The first-order valence-electron chi connectivity index (χ1n) is 7.73. The third-order valence-corrected chi connectivity index (χ3v) is 4.75. The van der Waals surface area contributed by atoms with Crippen molar-refractivity contribution >= 4 is 17.0 Å². The topological polar surface area (TPSA) is 28.2 Å². The smallest absolute Gasteiger partial charge is 0.107 e. The van der Waals surface area contributed by atoms with Crippen molar-refractivity contribution < 1.29 is 0 Å². The third-order valence-electron chi connectivity index (χ3n) is 3.85. The molecule has 1 aliphatic carbocycles. The van der Waals surface area contributed by atoms with Gasteiger partial charge in [0.2, 0.25) is 0 Å². The van der Waals surface area contributed by atoms with Crippen LogP contribution in [-0.2, 0) is 13.1 Å². The molecule has 0 unspecified atom stereocenters. The highest BCUT2D eigenvalue weighted by Crippen LogP contribution is 2.21. The first-order valence-corrected chi connectivity index (χ1v) is 8.61. The molecule has 0 aliphatic heterocycles. The molecule has 2 aromatic rings. The summed E-state index contributed by atoms with van der Waals surface area (Å²) in [6, 6.07) is 9.48. The molecule has 112 valence electrons. The molecule has 0 bridgehead atoms. The number of rotatable bonds is 7. The maximum absolute atomic E-state index is 4.76. The first kappa shape index (κ1) is 14.5. The summed E-state index contributed by atoms with van der Waals surface area (Å²) in [7, 11) is 0. The summed E-state index contributed by atoms with van der Waals surface area (Å²) in [5.41, 5.74) is 3.75. The van der Waals surface area contributed by atoms with Gasteiger partial charge in [-0.25, -0.2) is 4.98 Å². The van der Waals surface area contributed by atoms with Crippen molar-refractivity contribution in [3.05, 3.63) is 45.9 Å². The standard InChI is InChI=1S/C17H23N3S/c1-3-20(16-8-4-13(2)5-9-16)11-15-12-21-17(19-15)10-18-14-6-7-14/h4-5,8-9,12,14,18H,3,6-7,10-11H2,1-2H3. The lowest BCUT2D eigenvalue weighted by Gasteiger charge is -2.22. The van der Waals surface area contributed by atoms with Crippen molar-refractivity contribution in [1.29, 1.82) is 0 Å². The summed E-state index contributed by atoms with van der Waals surface area (Å²) in [5.74, 6) is 0. The molecule has 3 nitrogen and oxygen atoms in total. The average Bonchev–Trinajstić information content (AvgIpc) is 3.23. The van der Waals surface area contributed by atoms with E-state index in [1.54, 1.807) is 11.3 Å². The fourth-order valence-electron chi connectivity index (χ4n) is 2.36. The number of aromatic nitrogens is 1. The van der Waals surface area contributed by atoms with E-state index >= 15 is 0 Å². The number of nitrogens with zero attached hydrogens (tertiary/aromatic N) is 2. The molecule has 1 heterocycles. The van der Waals surface area contributed by atoms with E-state index in [0.29, 0.717) is 0 Å². The molecule has 21 heavy (non-hydrogen) atoms. The van der Waals surface area contributed by atoms with Crippen molar-refractivity contribution in [3.8, 4) is 0 Å². The van der Waals surface area contributed by atoms with E-state index in [0.717, 1.165) is 25.7 Å². The van der Waals surface area contributed by atoms with Crippen LogP contribution in [0.3, 0.4) is 0 Å². The number of benzene rings is 1. The van der Waals surface area contributed by atoms with Gasteiger partial charge in [-0.1, -0.05) is 17.7 Å². The lowest BCUT2D eigenvalue weighted by molar-refractivity contribution is 0.681. The second-order valence-electron chi connectivity index (χ2n) is 5.74. The van der Waals surface area contributed by atoms with Crippen LogP contribution in [0.1, 0.15) is 36.0 Å². The van der Waals surface area contributed by atoms with Gasteiger partial charge in [-0.3, -0.25) is 0 Å². The summed E-state index contributed by atoms with van der Waals surface area (Å²) in [5, 5.41) is 6.93. The predicted molar refractivity (Wildman–Crippen MR) is 89.9 cm³/mol. The average molecular weight is 301 g/mol. The Labute approximate surface area is 131 Å². The summed E-state index contributed by atoms with van der Waals surface area (Å²) in [4.78, 5) is 7.12. The van der Waals surface area contributed by atoms with Gasteiger partial charge in [-0.05, 0) is 38.8 Å². The van der Waals surface area contributed by atoms with E-state index in [-0.39, 0.29) is 0 Å². The second-order valence-corrected chi connectivity index (χ2v) is 6.68. The minimum Gasteiger partial charge on any atom is -0.366 e. The highest BCUT2D eigenvalue weighted by atomic mass is 32.1. The minimum absolute atomic E-state index is 0.747. The number of aryl methyl sites for hydroxylation is 1. The molecule has 1 saturated carbocycles. The van der Waals surface area contributed by atoms with Crippen molar-refractivity contribution in [1.82, 2.24) is 10.3 Å². The largest absolute Gasteiger partial charge is 0.366 e. The Morgan fingerprint density at radius 3 is 2.71 bits per heavy atom. The maximum atomic E-state index is 4.76. The van der Waals surface area contributed by atoms with Crippen LogP contribution in [0.5, 0.6) is 0 Å². The molecule has 4 heteroatoms. The summed E-state index contributed by atoms with van der Waals surface area (Å²) >= 11 is 1.77. The number of thiazole rings is 1. The van der Waals surface area contributed by atoms with Crippen LogP contribution < -0.4 is 10.2 Å². The summed E-state index contributed by atoms with van der Waals surface area (Å²) < 4.78 is 0. The van der Waals surface area contributed by atoms with Gasteiger partial charge < -0.3 is 10.2 Å². The van der Waals surface area contributed by atoms with E-state index in [2.05, 4.69) is 53.7 Å². The van der Waals surface area contributed by atoms with Crippen LogP contribution >= 0.6 is 11.3 Å². The van der Waals surface area contributed by atoms with Crippen molar-refractivity contribution in [2.24, 2.45) is 0 Å². The van der Waals surface area contributed by atoms with E-state index in [4.69, 9.17) is 4.98 Å². The Hall–Kier alpha value is -1.39. The zero-order chi connectivity index (χ0) is 14.7. The van der Waals surface area contributed by atoms with Crippen molar-refractivity contribution in [2.45, 2.75) is 45.8 Å². The molecule has 1 aromatic carbocycles. The zero-order valence-corrected chi connectivity index (χ0v) is 13.6. The monoisotopic (exact) mass is 301 g/mol. The van der Waals surface area contributed by atoms with Gasteiger partial charge in [0.1, 0.15) is 5.01 Å². The zero-order valence-electron chi connectivity index (χ0n) is 12.8. The van der Waals surface area contributed by atoms with E-state index in [1.807, 2.05) is 0 Å². The number of nitrogens with one attached hydrogen (secondary N) is 1. The van der Waals surface area contributed by atoms with E-state index in [1.165, 1.54) is 34.8 Å². The Morgan fingerprint density at radius 1 is 1.29 bits per heavy atom. The van der Waals surface area contributed by atoms with Crippen LogP contribution in [0.4, 0.5) is 5.69 Å². The normalized spacial score (nSPS) is 14.4. The molecule has 0 radical (unpaired) electrons. The third kappa shape index (κ3) is 4.05. The van der Waals surface area contributed by atoms with E-state index in [9.17, 15) is 0 Å². The second kappa shape index (κ2) is 6.58. The van der Waals surface area contributed by atoms with Crippen LogP contribution in [-0.4, -0.2) is 17.6 Å². The van der Waals surface area contributed by atoms with Crippen LogP contribution in [0.15, 0.2) is 29.6 Å². The highest BCUT2D eigenvalue weighted by Gasteiger charge is 2.20. The molecular formula is C17H23N3S. The van der Waals surface area contributed by atoms with Gasteiger partial charge >= 0.3 is 0 Å². The van der Waals surface area contributed by atoms with Gasteiger partial charge in [-0.15, -0.1) is 11.3 Å². The molecule has 3 rings (SSSR count). The van der Waals surface area contributed by atoms with Gasteiger partial charge in [0.25, 0.3) is 0 Å². The summed E-state index contributed by atoms with van der Waals surface area (Å²) in [6.07, 6.45) is 2.66.